The fourth-order valence-corrected chi connectivity index (χ4v) is 6.34. The van der Waals surface area contributed by atoms with E-state index >= 15 is 0 Å². The van der Waals surface area contributed by atoms with Crippen LogP contribution in [0.1, 0.15) is 36.8 Å². The second-order valence-corrected chi connectivity index (χ2v) is 11.3. The first-order valence-electron chi connectivity index (χ1n) is 13.6. The third kappa shape index (κ3) is 5.11. The highest BCUT2D eigenvalue weighted by molar-refractivity contribution is 5.91. The molecule has 2 bridgehead atoms. The predicted molar refractivity (Wildman–Crippen MR) is 143 cm³/mol. The Kier molecular flexibility index (Phi) is 6.88. The van der Waals surface area contributed by atoms with E-state index < -0.39 is 29.4 Å². The van der Waals surface area contributed by atoms with Crippen LogP contribution < -0.4 is 20.7 Å². The zero-order valence-corrected chi connectivity index (χ0v) is 22.7. The lowest BCUT2D eigenvalue weighted by atomic mass is 9.97. The molecule has 14 heteroatoms. The Morgan fingerprint density at radius 2 is 2.00 bits per heavy atom. The number of ether oxygens (including phenoxy) is 1. The van der Waals surface area contributed by atoms with E-state index in [1.807, 2.05) is 7.05 Å². The molecular formula is C27H31F5N8O. The molecule has 0 amide bonds. The fraction of sp³-hybridized carbons (Fsp3) is 0.556. The number of fused-ring (bicyclic) bond motifs is 3. The molecule has 0 aliphatic carbocycles. The molecule has 41 heavy (non-hydrogen) atoms. The minimum atomic E-state index is -4.70. The van der Waals surface area contributed by atoms with Crippen molar-refractivity contribution in [1.29, 1.82) is 0 Å². The number of hydrogen-bond acceptors (Lipinski definition) is 9. The van der Waals surface area contributed by atoms with Gasteiger partial charge in [0.05, 0.1) is 27.7 Å². The number of piperazine rings is 1. The number of halogens is 5. The summed E-state index contributed by atoms with van der Waals surface area (Å²) < 4.78 is 76.5. The average Bonchev–Trinajstić information content (AvgIpc) is 3.46. The van der Waals surface area contributed by atoms with E-state index in [2.05, 4.69) is 30.2 Å². The number of nitrogens with two attached hydrogens (primary N) is 1. The van der Waals surface area contributed by atoms with E-state index in [0.717, 1.165) is 25.5 Å². The van der Waals surface area contributed by atoms with E-state index in [4.69, 9.17) is 10.5 Å². The summed E-state index contributed by atoms with van der Waals surface area (Å²) in [6.07, 6.45) is -3.00. The molecule has 3 N–H and O–H groups in total. The molecule has 3 atom stereocenters. The highest BCUT2D eigenvalue weighted by Gasteiger charge is 2.51. The molecule has 3 aliphatic heterocycles. The van der Waals surface area contributed by atoms with E-state index in [9.17, 15) is 22.0 Å². The molecule has 3 fully saturated rings. The van der Waals surface area contributed by atoms with Gasteiger partial charge in [-0.2, -0.15) is 23.1 Å². The zero-order valence-electron chi connectivity index (χ0n) is 22.7. The van der Waals surface area contributed by atoms with Crippen LogP contribution in [-0.2, 0) is 6.18 Å². The van der Waals surface area contributed by atoms with Gasteiger partial charge in [-0.05, 0) is 63.9 Å². The number of nitrogens with one attached hydrogen (secondary N) is 1. The summed E-state index contributed by atoms with van der Waals surface area (Å²) in [5.74, 6) is 0.282. The molecule has 3 aliphatic rings. The first-order chi connectivity index (χ1) is 19.4. The topological polar surface area (TPSA) is 105 Å². The van der Waals surface area contributed by atoms with Gasteiger partial charge in [0.1, 0.15) is 23.9 Å². The van der Waals surface area contributed by atoms with Gasteiger partial charge in [-0.25, -0.2) is 13.8 Å². The third-order valence-electron chi connectivity index (χ3n) is 8.44. The van der Waals surface area contributed by atoms with E-state index in [-0.39, 0.29) is 47.2 Å². The highest BCUT2D eigenvalue weighted by atomic mass is 19.4. The van der Waals surface area contributed by atoms with Crippen molar-refractivity contribution in [3.05, 3.63) is 29.5 Å². The largest absolute Gasteiger partial charge is 0.462 e. The lowest BCUT2D eigenvalue weighted by Gasteiger charge is -2.41. The van der Waals surface area contributed by atoms with Crippen LogP contribution in [0, 0.1) is 6.92 Å². The number of anilines is 2. The predicted octanol–water partition coefficient (Wildman–Crippen LogP) is 4.05. The SMILES string of the molecule is Cc1cc(N)nc(-c2cc3nc(OCC4CCCN4C)nc(N4C[C@H]5CCC(C(F)F)(C4)N5)c3cn2)c1C(F)(F)F. The van der Waals surface area contributed by atoms with Crippen LogP contribution in [0.25, 0.3) is 22.3 Å². The number of aromatic nitrogens is 4. The quantitative estimate of drug-likeness (QED) is 0.419. The Morgan fingerprint density at radius 1 is 1.20 bits per heavy atom. The molecule has 0 saturated carbocycles. The van der Waals surface area contributed by atoms with Gasteiger partial charge in [0.2, 0.25) is 0 Å². The van der Waals surface area contributed by atoms with Crippen molar-refractivity contribution in [1.82, 2.24) is 30.2 Å². The summed E-state index contributed by atoms with van der Waals surface area (Å²) in [6.45, 7) is 3.02. The van der Waals surface area contributed by atoms with Gasteiger partial charge in [0.15, 0.2) is 0 Å². The van der Waals surface area contributed by atoms with Crippen molar-refractivity contribution < 1.29 is 26.7 Å². The van der Waals surface area contributed by atoms with Crippen LogP contribution in [-0.4, -0.2) is 82.2 Å². The molecule has 0 aromatic carbocycles. The summed E-state index contributed by atoms with van der Waals surface area (Å²) in [6, 6.07) is 2.59. The lowest BCUT2D eigenvalue weighted by molar-refractivity contribution is -0.137. The van der Waals surface area contributed by atoms with Crippen molar-refractivity contribution in [2.75, 3.05) is 43.9 Å². The minimum absolute atomic E-state index is 0.00796. The first kappa shape index (κ1) is 27.8. The summed E-state index contributed by atoms with van der Waals surface area (Å²) in [4.78, 5) is 21.4. The Hall–Kier alpha value is -3.39. The van der Waals surface area contributed by atoms with E-state index in [1.54, 1.807) is 4.90 Å². The van der Waals surface area contributed by atoms with Gasteiger partial charge in [-0.3, -0.25) is 4.98 Å². The second-order valence-electron chi connectivity index (χ2n) is 11.3. The van der Waals surface area contributed by atoms with Crippen molar-refractivity contribution in [2.24, 2.45) is 0 Å². The monoisotopic (exact) mass is 578 g/mol. The van der Waals surface area contributed by atoms with E-state index in [1.165, 1.54) is 19.2 Å². The van der Waals surface area contributed by atoms with E-state index in [0.29, 0.717) is 37.2 Å². The van der Waals surface area contributed by atoms with Crippen molar-refractivity contribution in [3.8, 4) is 17.4 Å². The van der Waals surface area contributed by atoms with Crippen LogP contribution in [0.2, 0.25) is 0 Å². The fourth-order valence-electron chi connectivity index (χ4n) is 6.34. The maximum atomic E-state index is 14.2. The van der Waals surface area contributed by atoms with Crippen LogP contribution >= 0.6 is 0 Å². The number of nitrogens with zero attached hydrogens (tertiary/aromatic N) is 6. The maximum absolute atomic E-state index is 14.2. The summed E-state index contributed by atoms with van der Waals surface area (Å²) in [7, 11) is 2.00. The van der Waals surface area contributed by atoms with Gasteiger partial charge < -0.3 is 25.6 Å². The standard InChI is InChI=1S/C27H31F5N8O/c1-14-8-20(33)36-22(21(14)27(30,31)32)19-9-18-17(10-34-19)23(37-25(35-18)41-12-16-4-3-7-39(16)2)40-11-15-5-6-26(13-40,38-15)24(28)29/h8-10,15-16,24,38H,3-7,11-13H2,1-2H3,(H2,33,36)/t15-,16?,26?/m1/s1. The Labute approximate surface area is 233 Å². The molecule has 220 valence electrons. The van der Waals surface area contributed by atoms with Crippen LogP contribution in [0.3, 0.4) is 0 Å². The van der Waals surface area contributed by atoms with Gasteiger partial charge >= 0.3 is 12.2 Å². The van der Waals surface area contributed by atoms with Crippen LogP contribution in [0.4, 0.5) is 33.6 Å². The number of hydrogen-bond donors (Lipinski definition) is 2. The molecule has 6 rings (SSSR count). The van der Waals surface area contributed by atoms with Crippen LogP contribution in [0.15, 0.2) is 18.3 Å². The molecule has 3 aromatic heterocycles. The molecular weight excluding hydrogens is 547 g/mol. The number of nitrogen functional groups attached to an aromatic ring is 1. The zero-order chi connectivity index (χ0) is 29.1. The number of alkyl halides is 5. The average molecular weight is 579 g/mol. The number of pyridine rings is 2. The first-order valence-corrected chi connectivity index (χ1v) is 13.6. The van der Waals surface area contributed by atoms with Crippen molar-refractivity contribution in [3.63, 3.8) is 0 Å². The smallest absolute Gasteiger partial charge is 0.418 e. The lowest BCUT2D eigenvalue weighted by Crippen LogP contribution is -2.63. The number of likely N-dealkylation sites (tertiary alicyclic amines) is 1. The minimum Gasteiger partial charge on any atom is -0.462 e. The number of likely N-dealkylation sites (N-methyl/N-ethyl adjacent to an activating group) is 1. The Balaban J connectivity index is 1.45. The molecule has 6 heterocycles. The summed E-state index contributed by atoms with van der Waals surface area (Å²) >= 11 is 0. The summed E-state index contributed by atoms with van der Waals surface area (Å²) in [5, 5.41) is 3.50. The maximum Gasteiger partial charge on any atom is 0.418 e. The van der Waals surface area contributed by atoms with Gasteiger partial charge in [-0.1, -0.05) is 0 Å². The molecule has 2 unspecified atom stereocenters. The number of aryl methyl sites for hydroxylation is 1. The molecule has 9 nitrogen and oxygen atoms in total. The molecule has 0 spiro atoms. The van der Waals surface area contributed by atoms with Crippen molar-refractivity contribution >= 4 is 22.5 Å². The Bertz CT molecular complexity index is 1470. The van der Waals surface area contributed by atoms with Crippen molar-refractivity contribution in [2.45, 2.75) is 62.8 Å². The Morgan fingerprint density at radius 3 is 2.71 bits per heavy atom. The summed E-state index contributed by atoms with van der Waals surface area (Å²) in [5.41, 5.74) is 3.21. The third-order valence-corrected chi connectivity index (χ3v) is 8.44. The second kappa shape index (κ2) is 10.2. The van der Waals surface area contributed by atoms with Gasteiger partial charge in [0.25, 0.3) is 6.43 Å². The van der Waals surface area contributed by atoms with Gasteiger partial charge in [-0.15, -0.1) is 0 Å². The molecule has 3 saturated heterocycles. The van der Waals surface area contributed by atoms with Crippen LogP contribution in [0.5, 0.6) is 6.01 Å². The number of rotatable bonds is 6. The van der Waals surface area contributed by atoms with Gasteiger partial charge in [0, 0.05) is 31.4 Å². The molecule has 0 radical (unpaired) electrons. The normalized spacial score (nSPS) is 25.0. The highest BCUT2D eigenvalue weighted by Crippen LogP contribution is 2.41. The molecule has 3 aromatic rings.